The van der Waals surface area contributed by atoms with Crippen molar-refractivity contribution in [3.05, 3.63) is 71.0 Å². The van der Waals surface area contributed by atoms with Gasteiger partial charge >= 0.3 is 5.97 Å². The predicted octanol–water partition coefficient (Wildman–Crippen LogP) is 3.27. The molecule has 1 spiro atoms. The largest absolute Gasteiger partial charge is 0.379 e. The van der Waals surface area contributed by atoms with Crippen LogP contribution in [-0.2, 0) is 9.63 Å². The predicted molar refractivity (Wildman–Crippen MR) is 102 cm³/mol. The van der Waals surface area contributed by atoms with E-state index in [0.717, 1.165) is 5.69 Å². The minimum Gasteiger partial charge on any atom is -0.314 e. The van der Waals surface area contributed by atoms with E-state index in [-0.39, 0.29) is 0 Å². The van der Waals surface area contributed by atoms with Crippen molar-refractivity contribution in [2.24, 2.45) is 5.16 Å². The van der Waals surface area contributed by atoms with Crippen LogP contribution in [0.4, 0.5) is 5.69 Å². The van der Waals surface area contributed by atoms with Gasteiger partial charge in [0, 0.05) is 10.6 Å². The van der Waals surface area contributed by atoms with Crippen molar-refractivity contribution in [3.63, 3.8) is 0 Å². The first kappa shape index (κ1) is 16.3. The molecule has 1 atom stereocenters. The molecule has 0 fully saturated rings. The molecule has 0 N–H and O–H groups in total. The number of benzene rings is 2. The SMILES string of the molecule is Cc1nnc2n1N(c1ccccc1)C1(S2)C(=O)ON=C1c1ccccc1Cl. The van der Waals surface area contributed by atoms with E-state index in [9.17, 15) is 4.79 Å². The quantitative estimate of drug-likeness (QED) is 0.618. The molecule has 3 aromatic rings. The van der Waals surface area contributed by atoms with Crippen LogP contribution in [-0.4, -0.2) is 31.4 Å². The number of anilines is 1. The second kappa shape index (κ2) is 5.83. The van der Waals surface area contributed by atoms with Gasteiger partial charge in [0.25, 0.3) is 4.87 Å². The lowest BCUT2D eigenvalue weighted by Crippen LogP contribution is -2.55. The molecule has 27 heavy (non-hydrogen) atoms. The molecule has 0 bridgehead atoms. The van der Waals surface area contributed by atoms with Crippen LogP contribution in [0, 0.1) is 6.92 Å². The third kappa shape index (κ3) is 2.17. The highest BCUT2D eigenvalue weighted by Crippen LogP contribution is 2.50. The summed E-state index contributed by atoms with van der Waals surface area (Å²) in [4.78, 5) is 16.9. The molecule has 0 saturated carbocycles. The van der Waals surface area contributed by atoms with Crippen molar-refractivity contribution in [2.75, 3.05) is 5.01 Å². The first-order chi connectivity index (χ1) is 13.1. The lowest BCUT2D eigenvalue weighted by atomic mass is 10.0. The van der Waals surface area contributed by atoms with E-state index < -0.39 is 10.8 Å². The zero-order valence-electron chi connectivity index (χ0n) is 14.0. The van der Waals surface area contributed by atoms with E-state index in [4.69, 9.17) is 16.4 Å². The van der Waals surface area contributed by atoms with E-state index in [1.807, 2.05) is 60.5 Å². The first-order valence-electron chi connectivity index (χ1n) is 8.14. The third-order valence-corrected chi connectivity index (χ3v) is 6.05. The van der Waals surface area contributed by atoms with Gasteiger partial charge in [0.05, 0.1) is 5.69 Å². The van der Waals surface area contributed by atoms with Gasteiger partial charge in [0.15, 0.2) is 5.82 Å². The molecular weight excluding hydrogens is 386 g/mol. The molecule has 0 saturated heterocycles. The van der Waals surface area contributed by atoms with Crippen LogP contribution < -0.4 is 5.01 Å². The molecular formula is C18H12ClN5O2S. The molecule has 0 amide bonds. The van der Waals surface area contributed by atoms with Crippen molar-refractivity contribution < 1.29 is 9.63 Å². The van der Waals surface area contributed by atoms with E-state index in [1.165, 1.54) is 11.8 Å². The number of hydrogen-bond donors (Lipinski definition) is 0. The second-order valence-corrected chi connectivity index (χ2v) is 7.60. The van der Waals surface area contributed by atoms with Gasteiger partial charge < -0.3 is 4.84 Å². The smallest absolute Gasteiger partial charge is 0.314 e. The highest BCUT2D eigenvalue weighted by Gasteiger charge is 2.63. The van der Waals surface area contributed by atoms with E-state index in [0.29, 0.717) is 27.3 Å². The van der Waals surface area contributed by atoms with Crippen molar-refractivity contribution in [1.29, 1.82) is 0 Å². The maximum Gasteiger partial charge on any atom is 0.379 e. The van der Waals surface area contributed by atoms with Gasteiger partial charge in [-0.15, -0.1) is 10.2 Å². The van der Waals surface area contributed by atoms with Crippen LogP contribution in [0.5, 0.6) is 0 Å². The Morgan fingerprint density at radius 1 is 1.07 bits per heavy atom. The number of rotatable bonds is 2. The Morgan fingerprint density at radius 3 is 2.59 bits per heavy atom. The normalized spacial score (nSPS) is 20.7. The number of aryl methyl sites for hydroxylation is 1. The lowest BCUT2D eigenvalue weighted by Gasteiger charge is -2.33. The van der Waals surface area contributed by atoms with Gasteiger partial charge in [-0.2, -0.15) is 0 Å². The van der Waals surface area contributed by atoms with Crippen LogP contribution in [0.2, 0.25) is 5.02 Å². The fourth-order valence-electron chi connectivity index (χ4n) is 3.28. The summed E-state index contributed by atoms with van der Waals surface area (Å²) < 4.78 is 1.80. The number of oxime groups is 1. The summed E-state index contributed by atoms with van der Waals surface area (Å²) in [5, 5.41) is 15.4. The van der Waals surface area contributed by atoms with Crippen LogP contribution >= 0.6 is 23.4 Å². The third-order valence-electron chi connectivity index (χ3n) is 4.45. The van der Waals surface area contributed by atoms with Crippen LogP contribution in [0.15, 0.2) is 64.9 Å². The number of thioether (sulfide) groups is 1. The van der Waals surface area contributed by atoms with Gasteiger partial charge in [-0.25, -0.2) is 14.5 Å². The van der Waals surface area contributed by atoms with E-state index in [2.05, 4.69) is 15.4 Å². The Morgan fingerprint density at radius 2 is 1.81 bits per heavy atom. The van der Waals surface area contributed by atoms with Crippen molar-refractivity contribution in [3.8, 4) is 0 Å². The summed E-state index contributed by atoms with van der Waals surface area (Å²) in [6.45, 7) is 1.83. The molecule has 5 rings (SSSR count). The zero-order valence-corrected chi connectivity index (χ0v) is 15.6. The highest BCUT2D eigenvalue weighted by molar-refractivity contribution is 8.02. The number of carbonyl (C=O) groups excluding carboxylic acids is 1. The molecule has 2 aliphatic heterocycles. The van der Waals surface area contributed by atoms with Crippen LogP contribution in [0.25, 0.3) is 0 Å². The molecule has 0 radical (unpaired) electrons. The summed E-state index contributed by atoms with van der Waals surface area (Å²) in [5.41, 5.74) is 1.84. The molecule has 7 nitrogen and oxygen atoms in total. The average molecular weight is 398 g/mol. The standard InChI is InChI=1S/C18H12ClN5O2S/c1-11-20-21-17-23(11)24(12-7-3-2-4-8-12)18(27-17)15(22-26-16(18)25)13-9-5-6-10-14(13)19/h2-10H,1H3. The topological polar surface area (TPSA) is 72.6 Å². The molecule has 9 heteroatoms. The van der Waals surface area contributed by atoms with Gasteiger partial charge in [-0.3, -0.25) is 0 Å². The van der Waals surface area contributed by atoms with Crippen LogP contribution in [0.1, 0.15) is 11.4 Å². The van der Waals surface area contributed by atoms with Gasteiger partial charge in [0.2, 0.25) is 5.16 Å². The van der Waals surface area contributed by atoms with E-state index >= 15 is 0 Å². The number of nitrogens with zero attached hydrogens (tertiary/aromatic N) is 5. The van der Waals surface area contributed by atoms with Gasteiger partial charge in [-0.1, -0.05) is 53.2 Å². The Balaban J connectivity index is 1.77. The summed E-state index contributed by atoms with van der Waals surface area (Å²) in [5.74, 6) is 0.146. The lowest BCUT2D eigenvalue weighted by molar-refractivity contribution is -0.142. The fraction of sp³-hybridized carbons (Fsp3) is 0.111. The Labute approximate surface area is 163 Å². The zero-order chi connectivity index (χ0) is 18.6. The molecule has 0 aliphatic carbocycles. The van der Waals surface area contributed by atoms with Crippen molar-refractivity contribution in [1.82, 2.24) is 14.9 Å². The molecule has 2 aliphatic rings. The maximum absolute atomic E-state index is 13.1. The Hall–Kier alpha value is -2.84. The number of fused-ring (bicyclic) bond motifs is 1. The van der Waals surface area contributed by atoms with Gasteiger partial charge in [0.1, 0.15) is 5.71 Å². The molecule has 1 unspecified atom stereocenters. The van der Waals surface area contributed by atoms with E-state index in [1.54, 1.807) is 10.7 Å². The molecule has 2 aromatic carbocycles. The number of halogens is 1. The molecule has 3 heterocycles. The second-order valence-electron chi connectivity index (χ2n) is 6.03. The highest BCUT2D eigenvalue weighted by atomic mass is 35.5. The van der Waals surface area contributed by atoms with Crippen molar-refractivity contribution in [2.45, 2.75) is 17.0 Å². The maximum atomic E-state index is 13.1. The Bertz CT molecular complexity index is 1100. The first-order valence-corrected chi connectivity index (χ1v) is 9.34. The van der Waals surface area contributed by atoms with Crippen LogP contribution in [0.3, 0.4) is 0 Å². The monoisotopic (exact) mass is 397 g/mol. The molecule has 1 aromatic heterocycles. The summed E-state index contributed by atoms with van der Waals surface area (Å²) in [7, 11) is 0. The number of aromatic nitrogens is 3. The summed E-state index contributed by atoms with van der Waals surface area (Å²) in [6, 6.07) is 16.8. The fourth-order valence-corrected chi connectivity index (χ4v) is 4.79. The molecule has 134 valence electrons. The summed E-state index contributed by atoms with van der Waals surface area (Å²) >= 11 is 7.65. The number of para-hydroxylation sites is 1. The number of carbonyl (C=O) groups is 1. The minimum absolute atomic E-state index is 0.428. The Kier molecular flexibility index (Phi) is 3.53. The van der Waals surface area contributed by atoms with Crippen molar-refractivity contribution >= 4 is 40.7 Å². The number of hydrogen-bond acceptors (Lipinski definition) is 7. The minimum atomic E-state index is -1.28. The average Bonchev–Trinajstić information content (AvgIpc) is 3.32. The summed E-state index contributed by atoms with van der Waals surface area (Å²) in [6.07, 6.45) is 0. The van der Waals surface area contributed by atoms with Gasteiger partial charge in [-0.05, 0) is 36.9 Å².